The van der Waals surface area contributed by atoms with Crippen molar-refractivity contribution in [3.8, 4) is 0 Å². The van der Waals surface area contributed by atoms with Crippen molar-refractivity contribution in [2.24, 2.45) is 11.8 Å². The fourth-order valence-electron chi connectivity index (χ4n) is 4.63. The molecule has 32 heavy (non-hydrogen) atoms. The normalized spacial score (nSPS) is 20.8. The lowest BCUT2D eigenvalue weighted by Crippen LogP contribution is -2.50. The number of nitrogens with zero attached hydrogens (tertiary/aromatic N) is 2. The zero-order valence-corrected chi connectivity index (χ0v) is 19.0. The monoisotopic (exact) mass is 439 g/mol. The van der Waals surface area contributed by atoms with Crippen LogP contribution >= 0.6 is 0 Å². The molecule has 0 saturated carbocycles. The molecule has 7 nitrogen and oxygen atoms in total. The number of allylic oxidation sites excluding steroid dienone is 2. The number of imide groups is 1. The molecular weight excluding hydrogens is 406 g/mol. The third-order valence-corrected chi connectivity index (χ3v) is 6.37. The van der Waals surface area contributed by atoms with Crippen LogP contribution in [0, 0.1) is 11.8 Å². The average Bonchev–Trinajstić information content (AvgIpc) is 3.05. The summed E-state index contributed by atoms with van der Waals surface area (Å²) in [5.74, 6) is -1.34. The Bertz CT molecular complexity index is 841. The number of nitrogens with one attached hydrogen (secondary N) is 1. The minimum atomic E-state index is -0.581. The van der Waals surface area contributed by atoms with E-state index in [4.69, 9.17) is 0 Å². The summed E-state index contributed by atoms with van der Waals surface area (Å²) in [7, 11) is 0. The van der Waals surface area contributed by atoms with Crippen molar-refractivity contribution in [1.29, 1.82) is 0 Å². The van der Waals surface area contributed by atoms with E-state index in [1.54, 1.807) is 4.90 Å². The van der Waals surface area contributed by atoms with Crippen LogP contribution in [-0.4, -0.2) is 59.1 Å². The lowest BCUT2D eigenvalue weighted by Gasteiger charge is -2.31. The molecule has 3 rings (SSSR count). The molecule has 1 aliphatic carbocycles. The third-order valence-electron chi connectivity index (χ3n) is 6.37. The average molecular weight is 440 g/mol. The second kappa shape index (κ2) is 11.1. The topological polar surface area (TPSA) is 86.8 Å². The van der Waals surface area contributed by atoms with Crippen LogP contribution in [0.4, 0.5) is 0 Å². The molecule has 1 aromatic carbocycles. The first-order valence-electron chi connectivity index (χ1n) is 11.6. The van der Waals surface area contributed by atoms with Gasteiger partial charge in [0, 0.05) is 26.1 Å². The van der Waals surface area contributed by atoms with Crippen molar-refractivity contribution in [2.75, 3.05) is 19.6 Å². The van der Waals surface area contributed by atoms with E-state index in [2.05, 4.69) is 5.32 Å². The smallest absolute Gasteiger partial charge is 0.242 e. The SMILES string of the molecule is CCNC(=O)[C@H](CC)N(CCc1ccccc1)C(=O)CCN1C(=O)[C@H]2CC=CC[C@H]2C1=O. The predicted molar refractivity (Wildman–Crippen MR) is 121 cm³/mol. The molecule has 0 aromatic heterocycles. The number of likely N-dealkylation sites (N-methyl/N-ethyl adjacent to an activating group) is 1. The van der Waals surface area contributed by atoms with Crippen LogP contribution in [-0.2, 0) is 25.6 Å². The molecule has 1 N–H and O–H groups in total. The maximum absolute atomic E-state index is 13.2. The number of benzene rings is 1. The molecule has 1 saturated heterocycles. The Hall–Kier alpha value is -2.96. The minimum absolute atomic E-state index is 0.0229. The van der Waals surface area contributed by atoms with E-state index in [1.807, 2.05) is 56.3 Å². The molecule has 0 bridgehead atoms. The Balaban J connectivity index is 1.69. The van der Waals surface area contributed by atoms with Gasteiger partial charge >= 0.3 is 0 Å². The maximum atomic E-state index is 13.2. The van der Waals surface area contributed by atoms with Crippen molar-refractivity contribution < 1.29 is 19.2 Å². The summed E-state index contributed by atoms with van der Waals surface area (Å²) in [6, 6.07) is 9.24. The Morgan fingerprint density at radius 2 is 1.69 bits per heavy atom. The lowest BCUT2D eigenvalue weighted by molar-refractivity contribution is -0.143. The van der Waals surface area contributed by atoms with Gasteiger partial charge in [0.05, 0.1) is 11.8 Å². The van der Waals surface area contributed by atoms with Crippen molar-refractivity contribution in [3.05, 3.63) is 48.0 Å². The highest BCUT2D eigenvalue weighted by Crippen LogP contribution is 2.35. The second-order valence-electron chi connectivity index (χ2n) is 8.38. The van der Waals surface area contributed by atoms with Crippen LogP contribution in [0.15, 0.2) is 42.5 Å². The molecule has 1 aromatic rings. The van der Waals surface area contributed by atoms with E-state index in [-0.39, 0.29) is 48.4 Å². The third kappa shape index (κ3) is 5.26. The number of hydrogen-bond acceptors (Lipinski definition) is 4. The predicted octanol–water partition coefficient (Wildman–Crippen LogP) is 2.31. The number of fused-ring (bicyclic) bond motifs is 1. The molecule has 3 atom stereocenters. The maximum Gasteiger partial charge on any atom is 0.242 e. The number of amides is 4. The Morgan fingerprint density at radius 1 is 1.06 bits per heavy atom. The Morgan fingerprint density at radius 3 is 2.25 bits per heavy atom. The molecule has 1 fully saturated rings. The summed E-state index contributed by atoms with van der Waals surface area (Å²) in [6.45, 7) is 4.68. The molecule has 0 radical (unpaired) electrons. The summed E-state index contributed by atoms with van der Waals surface area (Å²) < 4.78 is 0. The summed E-state index contributed by atoms with van der Waals surface area (Å²) in [5.41, 5.74) is 1.08. The molecule has 7 heteroatoms. The van der Waals surface area contributed by atoms with E-state index < -0.39 is 6.04 Å². The molecule has 1 heterocycles. The Kier molecular flexibility index (Phi) is 8.20. The molecule has 0 unspecified atom stereocenters. The summed E-state index contributed by atoms with van der Waals surface area (Å²) in [4.78, 5) is 54.2. The number of carbonyl (C=O) groups excluding carboxylic acids is 4. The van der Waals surface area contributed by atoms with Gasteiger partial charge in [-0.1, -0.05) is 49.4 Å². The molecular formula is C25H33N3O4. The van der Waals surface area contributed by atoms with Crippen molar-refractivity contribution in [1.82, 2.24) is 15.1 Å². The Labute approximate surface area is 189 Å². The van der Waals surface area contributed by atoms with Gasteiger partial charge in [0.15, 0.2) is 0 Å². The summed E-state index contributed by atoms with van der Waals surface area (Å²) in [6.07, 6.45) is 6.20. The van der Waals surface area contributed by atoms with Crippen LogP contribution in [0.3, 0.4) is 0 Å². The van der Waals surface area contributed by atoms with Gasteiger partial charge in [-0.3, -0.25) is 24.1 Å². The summed E-state index contributed by atoms with van der Waals surface area (Å²) in [5, 5.41) is 2.82. The van der Waals surface area contributed by atoms with Crippen LogP contribution in [0.1, 0.15) is 45.1 Å². The van der Waals surface area contributed by atoms with Gasteiger partial charge in [0.1, 0.15) is 6.04 Å². The van der Waals surface area contributed by atoms with Gasteiger partial charge in [-0.15, -0.1) is 0 Å². The van der Waals surface area contributed by atoms with Crippen LogP contribution in [0.25, 0.3) is 0 Å². The first kappa shape index (κ1) is 23.7. The fourth-order valence-corrected chi connectivity index (χ4v) is 4.63. The zero-order chi connectivity index (χ0) is 23.1. The van der Waals surface area contributed by atoms with Crippen LogP contribution < -0.4 is 5.32 Å². The van der Waals surface area contributed by atoms with E-state index in [0.29, 0.717) is 38.8 Å². The minimum Gasteiger partial charge on any atom is -0.355 e. The highest BCUT2D eigenvalue weighted by Gasteiger charge is 2.47. The van der Waals surface area contributed by atoms with Gasteiger partial charge in [0.25, 0.3) is 0 Å². The molecule has 2 aliphatic rings. The number of carbonyl (C=O) groups is 4. The standard InChI is InChI=1S/C25H33N3O4/c1-3-21(23(30)26-4-2)27(16-14-18-10-6-5-7-11-18)22(29)15-17-28-24(31)19-12-8-9-13-20(19)25(28)32/h5-11,19-21H,3-4,12-17H2,1-2H3,(H,26,30)/t19-,20+,21-/m0/s1. The van der Waals surface area contributed by atoms with E-state index in [1.165, 1.54) is 4.90 Å². The van der Waals surface area contributed by atoms with E-state index in [0.717, 1.165) is 5.56 Å². The number of hydrogen-bond donors (Lipinski definition) is 1. The molecule has 0 spiro atoms. The fraction of sp³-hybridized carbons (Fsp3) is 0.520. The number of likely N-dealkylation sites (tertiary alicyclic amines) is 1. The van der Waals surface area contributed by atoms with Crippen molar-refractivity contribution in [2.45, 2.75) is 52.0 Å². The molecule has 172 valence electrons. The van der Waals surface area contributed by atoms with Gasteiger partial charge in [-0.05, 0) is 38.2 Å². The van der Waals surface area contributed by atoms with E-state index >= 15 is 0 Å². The van der Waals surface area contributed by atoms with Gasteiger partial charge in [0.2, 0.25) is 23.6 Å². The second-order valence-corrected chi connectivity index (χ2v) is 8.38. The van der Waals surface area contributed by atoms with E-state index in [9.17, 15) is 19.2 Å². The van der Waals surface area contributed by atoms with Gasteiger partial charge < -0.3 is 10.2 Å². The lowest BCUT2D eigenvalue weighted by atomic mass is 9.85. The van der Waals surface area contributed by atoms with Crippen molar-refractivity contribution in [3.63, 3.8) is 0 Å². The first-order chi connectivity index (χ1) is 15.5. The van der Waals surface area contributed by atoms with Crippen LogP contribution in [0.2, 0.25) is 0 Å². The number of rotatable bonds is 10. The molecule has 4 amide bonds. The zero-order valence-electron chi connectivity index (χ0n) is 19.0. The first-order valence-corrected chi connectivity index (χ1v) is 11.6. The van der Waals surface area contributed by atoms with Gasteiger partial charge in [-0.25, -0.2) is 0 Å². The van der Waals surface area contributed by atoms with Crippen LogP contribution in [0.5, 0.6) is 0 Å². The quantitative estimate of drug-likeness (QED) is 0.448. The molecule has 1 aliphatic heterocycles. The highest BCUT2D eigenvalue weighted by atomic mass is 16.2. The summed E-state index contributed by atoms with van der Waals surface area (Å²) >= 11 is 0. The highest BCUT2D eigenvalue weighted by molar-refractivity contribution is 6.05. The van der Waals surface area contributed by atoms with Gasteiger partial charge in [-0.2, -0.15) is 0 Å². The largest absolute Gasteiger partial charge is 0.355 e. The van der Waals surface area contributed by atoms with Crippen molar-refractivity contribution >= 4 is 23.6 Å².